The van der Waals surface area contributed by atoms with Gasteiger partial charge in [0.25, 0.3) is 0 Å². The second kappa shape index (κ2) is 8.86. The quantitative estimate of drug-likeness (QED) is 0.736. The molecule has 1 aromatic heterocycles. The maximum atomic E-state index is 12.4. The van der Waals surface area contributed by atoms with Crippen LogP contribution in [-0.2, 0) is 11.2 Å². The SMILES string of the molecule is CCc1cccc(C)c1Nc1nnc(SCC(=O)N2CCCC(C)C2)s1. The van der Waals surface area contributed by atoms with Crippen LogP contribution in [0, 0.1) is 12.8 Å². The van der Waals surface area contributed by atoms with Crippen molar-refractivity contribution in [3.8, 4) is 0 Å². The highest BCUT2D eigenvalue weighted by atomic mass is 32.2. The zero-order valence-corrected chi connectivity index (χ0v) is 17.3. The van der Waals surface area contributed by atoms with E-state index in [-0.39, 0.29) is 5.91 Å². The number of thioether (sulfide) groups is 1. The van der Waals surface area contributed by atoms with Gasteiger partial charge >= 0.3 is 0 Å². The van der Waals surface area contributed by atoms with E-state index in [4.69, 9.17) is 0 Å². The fourth-order valence-electron chi connectivity index (χ4n) is 3.26. The molecule has 0 radical (unpaired) electrons. The van der Waals surface area contributed by atoms with Crippen LogP contribution in [-0.4, -0.2) is 39.8 Å². The molecule has 1 atom stereocenters. The number of piperidine rings is 1. The summed E-state index contributed by atoms with van der Waals surface area (Å²) in [5.74, 6) is 1.25. The fraction of sp³-hybridized carbons (Fsp3) is 0.526. The molecule has 1 amide bonds. The zero-order chi connectivity index (χ0) is 18.5. The van der Waals surface area contributed by atoms with Crippen LogP contribution >= 0.6 is 23.1 Å². The van der Waals surface area contributed by atoms with Gasteiger partial charge in [0.2, 0.25) is 11.0 Å². The number of nitrogens with one attached hydrogen (secondary N) is 1. The number of anilines is 2. The van der Waals surface area contributed by atoms with E-state index in [1.54, 1.807) is 0 Å². The van der Waals surface area contributed by atoms with E-state index < -0.39 is 0 Å². The van der Waals surface area contributed by atoms with Crippen molar-refractivity contribution in [1.82, 2.24) is 15.1 Å². The molecule has 1 aliphatic heterocycles. The van der Waals surface area contributed by atoms with Crippen molar-refractivity contribution >= 4 is 39.8 Å². The van der Waals surface area contributed by atoms with Gasteiger partial charge in [-0.25, -0.2) is 0 Å². The first-order valence-electron chi connectivity index (χ1n) is 9.16. The number of hydrogen-bond acceptors (Lipinski definition) is 6. The Bertz CT molecular complexity index is 762. The predicted molar refractivity (Wildman–Crippen MR) is 109 cm³/mol. The number of para-hydroxylation sites is 1. The van der Waals surface area contributed by atoms with Gasteiger partial charge in [-0.1, -0.05) is 55.1 Å². The summed E-state index contributed by atoms with van der Waals surface area (Å²) in [6.45, 7) is 8.23. The van der Waals surface area contributed by atoms with Gasteiger partial charge in [0.1, 0.15) is 0 Å². The monoisotopic (exact) mass is 390 g/mol. The van der Waals surface area contributed by atoms with E-state index in [1.165, 1.54) is 40.6 Å². The summed E-state index contributed by atoms with van der Waals surface area (Å²) in [6, 6.07) is 6.30. The molecule has 2 heterocycles. The number of carbonyl (C=O) groups excluding carboxylic acids is 1. The van der Waals surface area contributed by atoms with Gasteiger partial charge in [-0.3, -0.25) is 4.79 Å². The van der Waals surface area contributed by atoms with Crippen LogP contribution in [0.2, 0.25) is 0 Å². The Kier molecular flexibility index (Phi) is 6.53. The van der Waals surface area contributed by atoms with Crippen LogP contribution in [0.5, 0.6) is 0 Å². The lowest BCUT2D eigenvalue weighted by atomic mass is 10.0. The van der Waals surface area contributed by atoms with Gasteiger partial charge in [0.05, 0.1) is 5.75 Å². The van der Waals surface area contributed by atoms with E-state index in [2.05, 4.69) is 54.5 Å². The summed E-state index contributed by atoms with van der Waals surface area (Å²) in [7, 11) is 0. The third kappa shape index (κ3) is 4.76. The lowest BCUT2D eigenvalue weighted by Gasteiger charge is -2.30. The van der Waals surface area contributed by atoms with Crippen molar-refractivity contribution < 1.29 is 4.79 Å². The Morgan fingerprint density at radius 1 is 1.42 bits per heavy atom. The third-order valence-corrected chi connectivity index (χ3v) is 6.66. The number of rotatable bonds is 6. The van der Waals surface area contributed by atoms with Gasteiger partial charge in [-0.05, 0) is 43.2 Å². The van der Waals surface area contributed by atoms with Crippen LogP contribution < -0.4 is 5.32 Å². The fourth-order valence-corrected chi connectivity index (χ4v) is 4.92. The van der Waals surface area contributed by atoms with Crippen LogP contribution in [0.15, 0.2) is 22.5 Å². The summed E-state index contributed by atoms with van der Waals surface area (Å²) in [4.78, 5) is 14.4. The largest absolute Gasteiger partial charge is 0.342 e. The van der Waals surface area contributed by atoms with Crippen molar-refractivity contribution in [3.63, 3.8) is 0 Å². The smallest absolute Gasteiger partial charge is 0.233 e. The molecule has 0 spiro atoms. The van der Waals surface area contributed by atoms with Gasteiger partial charge in [0, 0.05) is 18.8 Å². The predicted octanol–water partition coefficient (Wildman–Crippen LogP) is 4.50. The van der Waals surface area contributed by atoms with Crippen molar-refractivity contribution in [2.45, 2.75) is 44.4 Å². The first kappa shape index (κ1) is 19.2. The highest BCUT2D eigenvalue weighted by Gasteiger charge is 2.21. The minimum atomic E-state index is 0.207. The Morgan fingerprint density at radius 2 is 2.27 bits per heavy atom. The highest BCUT2D eigenvalue weighted by Crippen LogP contribution is 2.31. The Hall–Kier alpha value is -1.60. The lowest BCUT2D eigenvalue weighted by Crippen LogP contribution is -2.40. The number of likely N-dealkylation sites (tertiary alicyclic amines) is 1. The first-order chi connectivity index (χ1) is 12.6. The topological polar surface area (TPSA) is 58.1 Å². The number of aromatic nitrogens is 2. The molecule has 2 aromatic rings. The number of aryl methyl sites for hydroxylation is 2. The van der Waals surface area contributed by atoms with E-state index in [9.17, 15) is 4.79 Å². The van der Waals surface area contributed by atoms with Gasteiger partial charge in [-0.15, -0.1) is 10.2 Å². The molecule has 1 aliphatic rings. The minimum Gasteiger partial charge on any atom is -0.342 e. The van der Waals surface area contributed by atoms with E-state index in [0.717, 1.165) is 41.1 Å². The van der Waals surface area contributed by atoms with Gasteiger partial charge in [-0.2, -0.15) is 0 Å². The summed E-state index contributed by atoms with van der Waals surface area (Å²) in [5.41, 5.74) is 3.58. The summed E-state index contributed by atoms with van der Waals surface area (Å²) < 4.78 is 0.831. The third-order valence-electron chi connectivity index (χ3n) is 4.71. The highest BCUT2D eigenvalue weighted by molar-refractivity contribution is 8.01. The van der Waals surface area contributed by atoms with Gasteiger partial charge < -0.3 is 10.2 Å². The molecule has 1 N–H and O–H groups in total. The number of hydrogen-bond donors (Lipinski definition) is 1. The molecule has 140 valence electrons. The zero-order valence-electron chi connectivity index (χ0n) is 15.6. The molecule has 1 aromatic carbocycles. The summed E-state index contributed by atoms with van der Waals surface area (Å²) in [6.07, 6.45) is 3.30. The average molecular weight is 391 g/mol. The molecule has 0 aliphatic carbocycles. The molecule has 0 saturated carbocycles. The number of amides is 1. The van der Waals surface area contributed by atoms with Crippen LogP contribution in [0.25, 0.3) is 0 Å². The molecular formula is C19H26N4OS2. The first-order valence-corrected chi connectivity index (χ1v) is 11.0. The normalized spacial score (nSPS) is 17.3. The maximum absolute atomic E-state index is 12.4. The van der Waals surface area contributed by atoms with Crippen molar-refractivity contribution in [3.05, 3.63) is 29.3 Å². The van der Waals surface area contributed by atoms with E-state index in [1.807, 2.05) is 4.90 Å². The van der Waals surface area contributed by atoms with Gasteiger partial charge in [0.15, 0.2) is 4.34 Å². The second-order valence-corrected chi connectivity index (χ2v) is 9.04. The molecule has 3 rings (SSSR count). The number of nitrogens with zero attached hydrogens (tertiary/aromatic N) is 3. The molecule has 0 bridgehead atoms. The lowest BCUT2D eigenvalue weighted by molar-refractivity contribution is -0.130. The standard InChI is InChI=1S/C19H26N4OS2/c1-4-15-9-5-8-14(3)17(15)20-18-21-22-19(26-18)25-12-16(24)23-10-6-7-13(2)11-23/h5,8-9,13H,4,6-7,10-12H2,1-3H3,(H,20,21). The van der Waals surface area contributed by atoms with Crippen molar-refractivity contribution in [2.75, 3.05) is 24.2 Å². The Morgan fingerprint density at radius 3 is 3.04 bits per heavy atom. The number of benzene rings is 1. The average Bonchev–Trinajstić information content (AvgIpc) is 3.09. The number of carbonyl (C=O) groups is 1. The molecule has 26 heavy (non-hydrogen) atoms. The molecule has 7 heteroatoms. The van der Waals surface area contributed by atoms with E-state index >= 15 is 0 Å². The van der Waals surface area contributed by atoms with Crippen molar-refractivity contribution in [1.29, 1.82) is 0 Å². The maximum Gasteiger partial charge on any atom is 0.233 e. The minimum absolute atomic E-state index is 0.207. The van der Waals surface area contributed by atoms with Crippen LogP contribution in [0.1, 0.15) is 37.8 Å². The Labute approximate surface area is 163 Å². The second-order valence-electron chi connectivity index (χ2n) is 6.84. The van der Waals surface area contributed by atoms with Crippen LogP contribution in [0.4, 0.5) is 10.8 Å². The van der Waals surface area contributed by atoms with Crippen molar-refractivity contribution in [2.24, 2.45) is 5.92 Å². The Balaban J connectivity index is 1.58. The molecular weight excluding hydrogens is 364 g/mol. The molecule has 1 saturated heterocycles. The van der Waals surface area contributed by atoms with Crippen LogP contribution in [0.3, 0.4) is 0 Å². The summed E-state index contributed by atoms with van der Waals surface area (Å²) in [5, 5.41) is 12.6. The summed E-state index contributed by atoms with van der Waals surface area (Å²) >= 11 is 2.99. The molecule has 1 fully saturated rings. The van der Waals surface area contributed by atoms with E-state index in [0.29, 0.717) is 11.7 Å². The molecule has 5 nitrogen and oxygen atoms in total. The molecule has 1 unspecified atom stereocenters.